The fourth-order valence-corrected chi connectivity index (χ4v) is 5.68. The highest BCUT2D eigenvalue weighted by Gasteiger charge is 2.27. The molecule has 0 unspecified atom stereocenters. The third-order valence-electron chi connectivity index (χ3n) is 5.75. The first-order valence-electron chi connectivity index (χ1n) is 11.5. The Labute approximate surface area is 192 Å². The summed E-state index contributed by atoms with van der Waals surface area (Å²) in [4.78, 5) is 12.8. The number of aryl methyl sites for hydroxylation is 2. The zero-order valence-corrected chi connectivity index (χ0v) is 19.9. The summed E-state index contributed by atoms with van der Waals surface area (Å²) in [5, 5.41) is 2.82. The van der Waals surface area contributed by atoms with Gasteiger partial charge in [-0.25, -0.2) is 8.42 Å². The van der Waals surface area contributed by atoms with Gasteiger partial charge in [-0.3, -0.25) is 4.79 Å². The first-order chi connectivity index (χ1) is 15.4. The molecular weight excluding hydrogens is 424 g/mol. The van der Waals surface area contributed by atoms with E-state index in [2.05, 4.69) is 24.4 Å². The van der Waals surface area contributed by atoms with Crippen molar-refractivity contribution < 1.29 is 17.9 Å². The number of hydrogen-bond acceptors (Lipinski definition) is 4. The third kappa shape index (κ3) is 6.33. The molecule has 174 valence electrons. The zero-order valence-electron chi connectivity index (χ0n) is 19.1. The number of hydrogen-bond donors (Lipinski definition) is 1. The number of rotatable bonds is 9. The molecule has 6 nitrogen and oxygen atoms in total. The molecule has 0 aromatic heterocycles. The summed E-state index contributed by atoms with van der Waals surface area (Å²) in [6, 6.07) is 12.8. The predicted molar refractivity (Wildman–Crippen MR) is 127 cm³/mol. The van der Waals surface area contributed by atoms with E-state index in [1.54, 1.807) is 23.4 Å². The summed E-state index contributed by atoms with van der Waals surface area (Å²) in [5.41, 5.74) is 2.27. The number of carbonyl (C=O) groups excluding carboxylic acids is 1. The van der Waals surface area contributed by atoms with Crippen LogP contribution in [0.5, 0.6) is 5.75 Å². The third-order valence-corrected chi connectivity index (χ3v) is 7.79. The van der Waals surface area contributed by atoms with Gasteiger partial charge in [0.2, 0.25) is 10.0 Å². The summed E-state index contributed by atoms with van der Waals surface area (Å²) >= 11 is 0. The van der Waals surface area contributed by atoms with E-state index in [0.717, 1.165) is 44.3 Å². The summed E-state index contributed by atoms with van der Waals surface area (Å²) in [5.74, 6) is 0.458. The Kier molecular flexibility index (Phi) is 8.70. The second-order valence-electron chi connectivity index (χ2n) is 8.30. The molecule has 7 heteroatoms. The molecule has 2 aromatic carbocycles. The van der Waals surface area contributed by atoms with E-state index in [1.165, 1.54) is 11.6 Å². The van der Waals surface area contributed by atoms with Gasteiger partial charge in [0.05, 0.1) is 11.4 Å². The van der Waals surface area contributed by atoms with Crippen LogP contribution in [0.4, 0.5) is 0 Å². The maximum Gasteiger partial charge on any atom is 0.251 e. The lowest BCUT2D eigenvalue weighted by Crippen LogP contribution is -2.33. The van der Waals surface area contributed by atoms with Crippen molar-refractivity contribution in [3.8, 4) is 5.75 Å². The smallest absolute Gasteiger partial charge is 0.251 e. The quantitative estimate of drug-likeness (QED) is 0.568. The van der Waals surface area contributed by atoms with Crippen LogP contribution in [0.2, 0.25) is 0 Å². The van der Waals surface area contributed by atoms with E-state index < -0.39 is 10.0 Å². The minimum Gasteiger partial charge on any atom is -0.492 e. The summed E-state index contributed by atoms with van der Waals surface area (Å²) in [7, 11) is -3.61. The minimum atomic E-state index is -3.61. The van der Waals surface area contributed by atoms with Crippen LogP contribution in [-0.4, -0.2) is 44.9 Å². The second-order valence-corrected chi connectivity index (χ2v) is 10.2. The van der Waals surface area contributed by atoms with Gasteiger partial charge in [-0.05, 0) is 61.6 Å². The number of amides is 1. The standard InChI is InChI=1S/C25H34N2O4S/c1-3-8-21-10-13-23(14-11-21)31-18-15-26-25(28)22-12-9-20(2)24(19-22)32(29,30)27-16-6-4-5-7-17-27/h9-14,19H,3-8,15-18H2,1-2H3,(H,26,28). The molecule has 0 saturated carbocycles. The van der Waals surface area contributed by atoms with E-state index in [1.807, 2.05) is 12.1 Å². The second kappa shape index (κ2) is 11.5. The number of benzene rings is 2. The Morgan fingerprint density at radius 1 is 1.03 bits per heavy atom. The Morgan fingerprint density at radius 3 is 2.38 bits per heavy atom. The van der Waals surface area contributed by atoms with Crippen LogP contribution in [-0.2, 0) is 16.4 Å². The van der Waals surface area contributed by atoms with Gasteiger partial charge in [-0.15, -0.1) is 0 Å². The lowest BCUT2D eigenvalue weighted by molar-refractivity contribution is 0.0946. The van der Waals surface area contributed by atoms with Gasteiger partial charge < -0.3 is 10.1 Å². The van der Waals surface area contributed by atoms with Crippen LogP contribution >= 0.6 is 0 Å². The highest BCUT2D eigenvalue weighted by molar-refractivity contribution is 7.89. The van der Waals surface area contributed by atoms with Gasteiger partial charge in [0, 0.05) is 18.7 Å². The molecule has 1 aliphatic rings. The molecule has 1 saturated heterocycles. The van der Waals surface area contributed by atoms with Gasteiger partial charge in [0.1, 0.15) is 12.4 Å². The maximum absolute atomic E-state index is 13.2. The molecule has 2 aromatic rings. The van der Waals surface area contributed by atoms with Crippen LogP contribution in [0.25, 0.3) is 0 Å². The highest BCUT2D eigenvalue weighted by atomic mass is 32.2. The lowest BCUT2D eigenvalue weighted by Gasteiger charge is -2.21. The summed E-state index contributed by atoms with van der Waals surface area (Å²) < 4.78 is 33.6. The number of carbonyl (C=O) groups is 1. The first kappa shape index (κ1) is 24.3. The number of sulfonamides is 1. The Hall–Kier alpha value is -2.38. The van der Waals surface area contributed by atoms with E-state index >= 15 is 0 Å². The van der Waals surface area contributed by atoms with Crippen molar-refractivity contribution in [1.82, 2.24) is 9.62 Å². The molecule has 0 bridgehead atoms. The average Bonchev–Trinajstić information content (AvgIpc) is 3.08. The number of nitrogens with one attached hydrogen (secondary N) is 1. The van der Waals surface area contributed by atoms with E-state index in [-0.39, 0.29) is 10.8 Å². The molecule has 32 heavy (non-hydrogen) atoms. The van der Waals surface area contributed by atoms with Crippen LogP contribution in [0.15, 0.2) is 47.4 Å². The van der Waals surface area contributed by atoms with Crippen molar-refractivity contribution in [1.29, 1.82) is 0 Å². The Bertz CT molecular complexity index is 995. The highest BCUT2D eigenvalue weighted by Crippen LogP contribution is 2.24. The van der Waals surface area contributed by atoms with Crippen LogP contribution < -0.4 is 10.1 Å². The van der Waals surface area contributed by atoms with Gasteiger partial charge in [-0.1, -0.05) is 44.4 Å². The molecule has 0 radical (unpaired) electrons. The summed E-state index contributed by atoms with van der Waals surface area (Å²) in [6.07, 6.45) is 6.00. The SMILES string of the molecule is CCCc1ccc(OCCNC(=O)c2ccc(C)c(S(=O)(=O)N3CCCCCC3)c2)cc1. The molecular formula is C25H34N2O4S. The maximum atomic E-state index is 13.2. The fraction of sp³-hybridized carbons (Fsp3) is 0.480. The molecule has 1 heterocycles. The number of ether oxygens (including phenoxy) is 1. The van der Waals surface area contributed by atoms with Crippen molar-refractivity contribution in [2.24, 2.45) is 0 Å². The lowest BCUT2D eigenvalue weighted by atomic mass is 10.1. The molecule has 3 rings (SSSR count). The molecule has 0 atom stereocenters. The van der Waals surface area contributed by atoms with Crippen molar-refractivity contribution >= 4 is 15.9 Å². The zero-order chi connectivity index (χ0) is 23.0. The number of nitrogens with zero attached hydrogens (tertiary/aromatic N) is 1. The minimum absolute atomic E-state index is 0.218. The van der Waals surface area contributed by atoms with E-state index in [4.69, 9.17) is 4.74 Å². The summed E-state index contributed by atoms with van der Waals surface area (Å²) in [6.45, 7) is 5.66. The first-order valence-corrected chi connectivity index (χ1v) is 13.0. The molecule has 1 aliphatic heterocycles. The van der Waals surface area contributed by atoms with E-state index in [9.17, 15) is 13.2 Å². The topological polar surface area (TPSA) is 75.7 Å². The predicted octanol–water partition coefficient (Wildman–Crippen LogP) is 4.32. The Balaban J connectivity index is 1.58. The largest absolute Gasteiger partial charge is 0.492 e. The normalized spacial score (nSPS) is 15.2. The monoisotopic (exact) mass is 458 g/mol. The van der Waals surface area contributed by atoms with Crippen molar-refractivity contribution in [3.63, 3.8) is 0 Å². The van der Waals surface area contributed by atoms with Crippen LogP contribution in [0.3, 0.4) is 0 Å². The van der Waals surface area contributed by atoms with Crippen molar-refractivity contribution in [2.75, 3.05) is 26.2 Å². The van der Waals surface area contributed by atoms with Gasteiger partial charge in [0.25, 0.3) is 5.91 Å². The average molecular weight is 459 g/mol. The van der Waals surface area contributed by atoms with Gasteiger partial charge in [0.15, 0.2) is 0 Å². The van der Waals surface area contributed by atoms with Crippen LogP contribution in [0, 0.1) is 6.92 Å². The van der Waals surface area contributed by atoms with Crippen molar-refractivity contribution in [3.05, 3.63) is 59.2 Å². The fourth-order valence-electron chi connectivity index (χ4n) is 3.92. The molecule has 1 amide bonds. The molecule has 0 aliphatic carbocycles. The molecule has 1 fully saturated rings. The van der Waals surface area contributed by atoms with Gasteiger partial charge >= 0.3 is 0 Å². The molecule has 1 N–H and O–H groups in total. The van der Waals surface area contributed by atoms with Crippen LogP contribution in [0.1, 0.15) is 60.5 Å². The molecule has 0 spiro atoms. The Morgan fingerprint density at radius 2 is 1.72 bits per heavy atom. The van der Waals surface area contributed by atoms with Gasteiger partial charge in [-0.2, -0.15) is 4.31 Å². The van der Waals surface area contributed by atoms with E-state index in [0.29, 0.717) is 37.4 Å². The van der Waals surface area contributed by atoms with Crippen molar-refractivity contribution in [2.45, 2.75) is 57.3 Å².